The van der Waals surface area contributed by atoms with Gasteiger partial charge in [-0.05, 0) is 44.0 Å². The third-order valence-electron chi connectivity index (χ3n) is 4.83. The van der Waals surface area contributed by atoms with E-state index in [0.29, 0.717) is 0 Å². The number of hydrogen-bond acceptors (Lipinski definition) is 4. The highest BCUT2D eigenvalue weighted by Gasteiger charge is 2.29. The second kappa shape index (κ2) is 5.17. The van der Waals surface area contributed by atoms with E-state index < -0.39 is 0 Å². The van der Waals surface area contributed by atoms with Crippen LogP contribution in [0.5, 0.6) is 5.75 Å². The maximum absolute atomic E-state index is 5.83. The summed E-state index contributed by atoms with van der Waals surface area (Å²) >= 11 is 0. The molecule has 0 aromatic heterocycles. The SMILES string of the molecule is c1cc2c3c(c1)N(CC1CCNCC1)CCN3CCO2. The van der Waals surface area contributed by atoms with Gasteiger partial charge in [-0.15, -0.1) is 0 Å². The van der Waals surface area contributed by atoms with Gasteiger partial charge >= 0.3 is 0 Å². The lowest BCUT2D eigenvalue weighted by molar-refractivity contribution is 0.305. The van der Waals surface area contributed by atoms with Gasteiger partial charge in [-0.2, -0.15) is 0 Å². The fourth-order valence-corrected chi connectivity index (χ4v) is 3.73. The molecule has 0 saturated carbocycles. The van der Waals surface area contributed by atoms with Gasteiger partial charge in [-0.25, -0.2) is 0 Å². The molecule has 0 radical (unpaired) electrons. The Bertz CT molecular complexity index is 485. The lowest BCUT2D eigenvalue weighted by Gasteiger charge is -2.43. The number of hydrogen-bond donors (Lipinski definition) is 1. The lowest BCUT2D eigenvalue weighted by atomic mass is 9.96. The van der Waals surface area contributed by atoms with Crippen molar-refractivity contribution >= 4 is 11.4 Å². The first kappa shape index (κ1) is 12.3. The Hall–Kier alpha value is -1.42. The average molecular weight is 273 g/mol. The molecule has 20 heavy (non-hydrogen) atoms. The summed E-state index contributed by atoms with van der Waals surface area (Å²) in [4.78, 5) is 5.08. The van der Waals surface area contributed by atoms with Gasteiger partial charge in [0.05, 0.1) is 12.2 Å². The third-order valence-corrected chi connectivity index (χ3v) is 4.83. The molecule has 3 heterocycles. The largest absolute Gasteiger partial charge is 0.489 e. The standard InChI is InChI=1S/C16H23N3O/c1-2-14-16-15(3-1)20-11-10-18(16)8-9-19(14)12-13-4-6-17-7-5-13/h1-3,13,17H,4-12H2. The molecule has 1 fully saturated rings. The number of nitrogens with zero attached hydrogens (tertiary/aromatic N) is 2. The number of nitrogens with one attached hydrogen (secondary N) is 1. The first-order valence-corrected chi connectivity index (χ1v) is 7.88. The van der Waals surface area contributed by atoms with Crippen molar-refractivity contribution in [3.8, 4) is 5.75 Å². The molecule has 0 bridgehead atoms. The molecule has 1 saturated heterocycles. The zero-order valence-electron chi connectivity index (χ0n) is 12.0. The van der Waals surface area contributed by atoms with Crippen LogP contribution in [0, 0.1) is 5.92 Å². The van der Waals surface area contributed by atoms with Gasteiger partial charge in [-0.1, -0.05) is 6.07 Å². The van der Waals surface area contributed by atoms with Gasteiger partial charge in [0.1, 0.15) is 18.0 Å². The Labute approximate surface area is 120 Å². The van der Waals surface area contributed by atoms with E-state index in [9.17, 15) is 0 Å². The van der Waals surface area contributed by atoms with E-state index in [1.807, 2.05) is 0 Å². The smallest absolute Gasteiger partial charge is 0.144 e. The molecule has 3 aliphatic rings. The molecule has 0 amide bonds. The number of piperidine rings is 1. The van der Waals surface area contributed by atoms with Crippen molar-refractivity contribution < 1.29 is 4.74 Å². The number of ether oxygens (including phenoxy) is 1. The highest BCUT2D eigenvalue weighted by atomic mass is 16.5. The maximum atomic E-state index is 5.83. The van der Waals surface area contributed by atoms with E-state index >= 15 is 0 Å². The van der Waals surface area contributed by atoms with Crippen molar-refractivity contribution in [1.82, 2.24) is 5.32 Å². The normalized spacial score (nSPS) is 22.4. The Morgan fingerprint density at radius 1 is 1.15 bits per heavy atom. The molecule has 108 valence electrons. The molecule has 1 aromatic carbocycles. The van der Waals surface area contributed by atoms with Crippen molar-refractivity contribution in [1.29, 1.82) is 0 Å². The molecular formula is C16H23N3O. The molecule has 3 aliphatic heterocycles. The minimum atomic E-state index is 0.824. The molecule has 4 rings (SSSR count). The summed E-state index contributed by atoms with van der Waals surface area (Å²) in [6.07, 6.45) is 2.62. The average Bonchev–Trinajstić information content (AvgIpc) is 2.51. The Morgan fingerprint density at radius 3 is 2.95 bits per heavy atom. The summed E-state index contributed by atoms with van der Waals surface area (Å²) in [7, 11) is 0. The summed E-state index contributed by atoms with van der Waals surface area (Å²) < 4.78 is 5.83. The third kappa shape index (κ3) is 2.12. The highest BCUT2D eigenvalue weighted by Crippen LogP contribution is 2.42. The van der Waals surface area contributed by atoms with Crippen molar-refractivity contribution in [3.05, 3.63) is 18.2 Å². The van der Waals surface area contributed by atoms with Crippen molar-refractivity contribution in [2.45, 2.75) is 12.8 Å². The number of para-hydroxylation sites is 1. The van der Waals surface area contributed by atoms with Crippen LogP contribution in [0.1, 0.15) is 12.8 Å². The van der Waals surface area contributed by atoms with E-state index in [1.54, 1.807) is 0 Å². The van der Waals surface area contributed by atoms with Crippen LogP contribution < -0.4 is 19.9 Å². The maximum Gasteiger partial charge on any atom is 0.144 e. The van der Waals surface area contributed by atoms with Crippen LogP contribution in [-0.4, -0.2) is 45.9 Å². The molecule has 1 N–H and O–H groups in total. The summed E-state index contributed by atoms with van der Waals surface area (Å²) in [6, 6.07) is 6.51. The first-order valence-electron chi connectivity index (χ1n) is 7.88. The Kier molecular flexibility index (Phi) is 3.19. The summed E-state index contributed by atoms with van der Waals surface area (Å²) in [6.45, 7) is 7.71. The van der Waals surface area contributed by atoms with E-state index in [2.05, 4.69) is 33.3 Å². The van der Waals surface area contributed by atoms with Crippen LogP contribution in [0.3, 0.4) is 0 Å². The fraction of sp³-hybridized carbons (Fsp3) is 0.625. The Morgan fingerprint density at radius 2 is 2.05 bits per heavy atom. The molecule has 1 aromatic rings. The summed E-state index contributed by atoms with van der Waals surface area (Å²) in [5, 5.41) is 3.46. The van der Waals surface area contributed by atoms with Gasteiger partial charge in [0.15, 0.2) is 0 Å². The van der Waals surface area contributed by atoms with Gasteiger partial charge in [0.25, 0.3) is 0 Å². The van der Waals surface area contributed by atoms with Gasteiger partial charge in [-0.3, -0.25) is 0 Å². The zero-order chi connectivity index (χ0) is 13.4. The minimum Gasteiger partial charge on any atom is -0.489 e. The molecule has 0 aliphatic carbocycles. The summed E-state index contributed by atoms with van der Waals surface area (Å²) in [5.74, 6) is 1.91. The van der Waals surface area contributed by atoms with Crippen LogP contribution in [-0.2, 0) is 0 Å². The zero-order valence-corrected chi connectivity index (χ0v) is 12.0. The molecule has 4 heteroatoms. The first-order chi connectivity index (χ1) is 9.92. The minimum absolute atomic E-state index is 0.824. The second-order valence-corrected chi connectivity index (χ2v) is 6.10. The second-order valence-electron chi connectivity index (χ2n) is 6.10. The highest BCUT2D eigenvalue weighted by molar-refractivity contribution is 5.80. The monoisotopic (exact) mass is 273 g/mol. The molecular weight excluding hydrogens is 250 g/mol. The van der Waals surface area contributed by atoms with Crippen LogP contribution in [0.2, 0.25) is 0 Å². The van der Waals surface area contributed by atoms with Gasteiger partial charge < -0.3 is 19.9 Å². The van der Waals surface area contributed by atoms with E-state index in [0.717, 1.165) is 37.9 Å². The van der Waals surface area contributed by atoms with E-state index in [-0.39, 0.29) is 0 Å². The lowest BCUT2D eigenvalue weighted by Crippen LogP contribution is -2.47. The van der Waals surface area contributed by atoms with Gasteiger partial charge in [0.2, 0.25) is 0 Å². The fourth-order valence-electron chi connectivity index (χ4n) is 3.73. The number of anilines is 2. The Balaban J connectivity index is 1.59. The topological polar surface area (TPSA) is 27.7 Å². The number of rotatable bonds is 2. The van der Waals surface area contributed by atoms with Crippen molar-refractivity contribution in [2.75, 3.05) is 55.7 Å². The predicted molar refractivity (Wildman–Crippen MR) is 82.0 cm³/mol. The van der Waals surface area contributed by atoms with Crippen LogP contribution in [0.15, 0.2) is 18.2 Å². The molecule has 0 atom stereocenters. The van der Waals surface area contributed by atoms with Crippen LogP contribution >= 0.6 is 0 Å². The van der Waals surface area contributed by atoms with E-state index in [4.69, 9.17) is 4.74 Å². The van der Waals surface area contributed by atoms with Crippen molar-refractivity contribution in [2.24, 2.45) is 5.92 Å². The molecule has 0 spiro atoms. The van der Waals surface area contributed by atoms with Crippen LogP contribution in [0.25, 0.3) is 0 Å². The van der Waals surface area contributed by atoms with E-state index in [1.165, 1.54) is 43.9 Å². The number of benzene rings is 1. The quantitative estimate of drug-likeness (QED) is 0.888. The molecule has 4 nitrogen and oxygen atoms in total. The van der Waals surface area contributed by atoms with Crippen LogP contribution in [0.4, 0.5) is 11.4 Å². The summed E-state index contributed by atoms with van der Waals surface area (Å²) in [5.41, 5.74) is 2.71. The molecule has 0 unspecified atom stereocenters. The van der Waals surface area contributed by atoms with Gasteiger partial charge in [0, 0.05) is 19.6 Å². The van der Waals surface area contributed by atoms with Crippen molar-refractivity contribution in [3.63, 3.8) is 0 Å². The predicted octanol–water partition coefficient (Wildman–Crippen LogP) is 1.70.